The molecule has 0 radical (unpaired) electrons. The molecule has 0 aromatic heterocycles. The van der Waals surface area contributed by atoms with Crippen LogP contribution in [0.2, 0.25) is 5.02 Å². The number of piperazine rings is 1. The van der Waals surface area contributed by atoms with E-state index in [0.717, 1.165) is 38.3 Å². The second kappa shape index (κ2) is 7.65. The molecule has 1 aliphatic rings. The Morgan fingerprint density at radius 1 is 1.50 bits per heavy atom. The summed E-state index contributed by atoms with van der Waals surface area (Å²) >= 11 is 5.94. The third kappa shape index (κ3) is 4.24. The van der Waals surface area contributed by atoms with Gasteiger partial charge in [0.05, 0.1) is 32.7 Å². The highest BCUT2D eigenvalue weighted by Crippen LogP contribution is 2.23. The van der Waals surface area contributed by atoms with Crippen molar-refractivity contribution in [3.63, 3.8) is 0 Å². The third-order valence-electron chi connectivity index (χ3n) is 4.00. The normalized spacial score (nSPS) is 17.1. The number of carbonyl (C=O) groups excluding carboxylic acids is 1. The molecule has 4 nitrogen and oxygen atoms in total. The Balaban J connectivity index is 1.91. The molecule has 1 atom stereocenters. The third-order valence-corrected chi connectivity index (χ3v) is 4.24. The van der Waals surface area contributed by atoms with Gasteiger partial charge in [-0.25, -0.2) is 0 Å². The minimum atomic E-state index is -0.485. The van der Waals surface area contributed by atoms with E-state index in [2.05, 4.69) is 6.58 Å². The lowest BCUT2D eigenvalue weighted by molar-refractivity contribution is -0.898. The van der Waals surface area contributed by atoms with Crippen molar-refractivity contribution < 1.29 is 14.4 Å². The molecule has 1 fully saturated rings. The fourth-order valence-corrected chi connectivity index (χ4v) is 2.92. The Bertz CT molecular complexity index is 539. The van der Waals surface area contributed by atoms with Crippen molar-refractivity contribution in [3.8, 4) is 5.75 Å². The van der Waals surface area contributed by atoms with Crippen LogP contribution in [0.5, 0.6) is 5.75 Å². The van der Waals surface area contributed by atoms with E-state index in [0.29, 0.717) is 10.8 Å². The Morgan fingerprint density at radius 2 is 2.18 bits per heavy atom. The predicted octanol–water partition coefficient (Wildman–Crippen LogP) is 1.33. The van der Waals surface area contributed by atoms with Gasteiger partial charge in [-0.2, -0.15) is 0 Å². The number of benzene rings is 1. The molecule has 0 bridgehead atoms. The van der Waals surface area contributed by atoms with Crippen molar-refractivity contribution >= 4 is 17.5 Å². The number of nitrogens with zero attached hydrogens (tertiary/aromatic N) is 1. The average molecular weight is 324 g/mol. The molecular weight excluding hydrogens is 300 g/mol. The molecule has 1 saturated heterocycles. The number of amides is 1. The van der Waals surface area contributed by atoms with Crippen LogP contribution in [0, 0.1) is 6.92 Å². The SMILES string of the molecule is C=CC[NH+]1CCN(C(=O)[C@H](C)Oc2ccc(Cl)cc2C)CC1. The maximum absolute atomic E-state index is 12.5. The summed E-state index contributed by atoms with van der Waals surface area (Å²) in [5.74, 6) is 0.758. The zero-order chi connectivity index (χ0) is 16.1. The van der Waals surface area contributed by atoms with Crippen LogP contribution in [0.25, 0.3) is 0 Å². The van der Waals surface area contributed by atoms with E-state index in [9.17, 15) is 4.79 Å². The summed E-state index contributed by atoms with van der Waals surface area (Å²) in [6.07, 6.45) is 1.45. The fourth-order valence-electron chi connectivity index (χ4n) is 2.69. The molecule has 1 aromatic rings. The maximum atomic E-state index is 12.5. The van der Waals surface area contributed by atoms with Crippen molar-refractivity contribution in [1.82, 2.24) is 4.90 Å². The van der Waals surface area contributed by atoms with Gasteiger partial charge in [-0.3, -0.25) is 4.79 Å². The topological polar surface area (TPSA) is 34.0 Å². The molecule has 2 rings (SSSR count). The van der Waals surface area contributed by atoms with Crippen molar-refractivity contribution in [2.45, 2.75) is 20.0 Å². The highest BCUT2D eigenvalue weighted by molar-refractivity contribution is 6.30. The number of carbonyl (C=O) groups is 1. The summed E-state index contributed by atoms with van der Waals surface area (Å²) in [7, 11) is 0. The van der Waals surface area contributed by atoms with Gasteiger partial charge in [-0.15, -0.1) is 0 Å². The Labute approximate surface area is 137 Å². The molecule has 1 heterocycles. The zero-order valence-corrected chi connectivity index (χ0v) is 14.0. The average Bonchev–Trinajstić information content (AvgIpc) is 2.50. The van der Waals surface area contributed by atoms with E-state index in [1.807, 2.05) is 30.0 Å². The van der Waals surface area contributed by atoms with Crippen LogP contribution in [0.4, 0.5) is 0 Å². The molecular formula is C17H24ClN2O2+. The number of aryl methyl sites for hydroxylation is 1. The molecule has 1 aliphatic heterocycles. The van der Waals surface area contributed by atoms with E-state index >= 15 is 0 Å². The lowest BCUT2D eigenvalue weighted by atomic mass is 10.2. The molecule has 120 valence electrons. The van der Waals surface area contributed by atoms with E-state index in [-0.39, 0.29) is 5.91 Å². The lowest BCUT2D eigenvalue weighted by Gasteiger charge is -2.33. The van der Waals surface area contributed by atoms with E-state index in [1.165, 1.54) is 4.90 Å². The van der Waals surface area contributed by atoms with Crippen LogP contribution in [0.15, 0.2) is 30.9 Å². The van der Waals surface area contributed by atoms with Gasteiger partial charge in [0.1, 0.15) is 5.75 Å². The highest BCUT2D eigenvalue weighted by atomic mass is 35.5. The Morgan fingerprint density at radius 3 is 2.77 bits per heavy atom. The molecule has 22 heavy (non-hydrogen) atoms. The van der Waals surface area contributed by atoms with Crippen LogP contribution in [-0.4, -0.2) is 49.6 Å². The van der Waals surface area contributed by atoms with Crippen LogP contribution >= 0.6 is 11.6 Å². The summed E-state index contributed by atoms with van der Waals surface area (Å²) in [4.78, 5) is 15.9. The first-order valence-corrected chi connectivity index (χ1v) is 8.05. The van der Waals surface area contributed by atoms with E-state index in [1.54, 1.807) is 13.0 Å². The first-order chi connectivity index (χ1) is 10.5. The smallest absolute Gasteiger partial charge is 0.263 e. The number of hydrogen-bond donors (Lipinski definition) is 1. The second-order valence-corrected chi connectivity index (χ2v) is 6.17. The maximum Gasteiger partial charge on any atom is 0.263 e. The van der Waals surface area contributed by atoms with Crippen LogP contribution < -0.4 is 9.64 Å². The highest BCUT2D eigenvalue weighted by Gasteiger charge is 2.27. The quantitative estimate of drug-likeness (QED) is 0.830. The standard InChI is InChI=1S/C17H23ClN2O2/c1-4-7-19-8-10-20(11-9-19)17(21)14(3)22-16-6-5-15(18)12-13(16)2/h4-6,12,14H,1,7-11H2,2-3H3/p+1/t14-/m0/s1. The Hall–Kier alpha value is -1.52. The number of nitrogens with one attached hydrogen (secondary N) is 1. The molecule has 1 amide bonds. The van der Waals surface area contributed by atoms with Crippen molar-refractivity contribution in [2.75, 3.05) is 32.7 Å². The second-order valence-electron chi connectivity index (χ2n) is 5.74. The van der Waals surface area contributed by atoms with Gasteiger partial charge in [0, 0.05) is 5.02 Å². The van der Waals surface area contributed by atoms with Gasteiger partial charge < -0.3 is 14.5 Å². The summed E-state index contributed by atoms with van der Waals surface area (Å²) < 4.78 is 5.82. The fraction of sp³-hybridized carbons (Fsp3) is 0.471. The van der Waals surface area contributed by atoms with Crippen LogP contribution in [0.3, 0.4) is 0 Å². The van der Waals surface area contributed by atoms with Crippen LogP contribution in [0.1, 0.15) is 12.5 Å². The van der Waals surface area contributed by atoms with Gasteiger partial charge in [0.25, 0.3) is 5.91 Å². The lowest BCUT2D eigenvalue weighted by Crippen LogP contribution is -3.14. The number of quaternary nitrogens is 1. The van der Waals surface area contributed by atoms with Crippen molar-refractivity contribution in [2.24, 2.45) is 0 Å². The molecule has 5 heteroatoms. The number of rotatable bonds is 5. The number of hydrogen-bond acceptors (Lipinski definition) is 2. The number of ether oxygens (including phenoxy) is 1. The summed E-state index contributed by atoms with van der Waals surface area (Å²) in [6.45, 7) is 11.9. The first-order valence-electron chi connectivity index (χ1n) is 7.67. The Kier molecular flexibility index (Phi) is 5.86. The van der Waals surface area contributed by atoms with Gasteiger partial charge in [0.2, 0.25) is 0 Å². The predicted molar refractivity (Wildman–Crippen MR) is 88.6 cm³/mol. The summed E-state index contributed by atoms with van der Waals surface area (Å²) in [5.41, 5.74) is 0.937. The minimum absolute atomic E-state index is 0.0482. The van der Waals surface area contributed by atoms with Crippen molar-refractivity contribution in [1.29, 1.82) is 0 Å². The van der Waals surface area contributed by atoms with Gasteiger partial charge >= 0.3 is 0 Å². The molecule has 1 N–H and O–H groups in total. The van der Waals surface area contributed by atoms with Gasteiger partial charge in [-0.1, -0.05) is 18.2 Å². The minimum Gasteiger partial charge on any atom is -0.481 e. The molecule has 0 aliphatic carbocycles. The van der Waals surface area contributed by atoms with E-state index < -0.39 is 6.10 Å². The van der Waals surface area contributed by atoms with Crippen molar-refractivity contribution in [3.05, 3.63) is 41.4 Å². The summed E-state index contributed by atoms with van der Waals surface area (Å²) in [6, 6.07) is 5.43. The van der Waals surface area contributed by atoms with E-state index in [4.69, 9.17) is 16.3 Å². The van der Waals surface area contributed by atoms with Crippen LogP contribution in [-0.2, 0) is 4.79 Å². The summed E-state index contributed by atoms with van der Waals surface area (Å²) in [5, 5.41) is 0.671. The molecule has 0 saturated carbocycles. The largest absolute Gasteiger partial charge is 0.481 e. The van der Waals surface area contributed by atoms with Gasteiger partial charge in [-0.05, 0) is 43.7 Å². The number of halogens is 1. The van der Waals surface area contributed by atoms with Gasteiger partial charge in [0.15, 0.2) is 6.10 Å². The molecule has 1 aromatic carbocycles. The monoisotopic (exact) mass is 323 g/mol. The zero-order valence-electron chi connectivity index (χ0n) is 13.3. The molecule has 0 spiro atoms. The molecule has 0 unspecified atom stereocenters. The first kappa shape index (κ1) is 16.8.